The summed E-state index contributed by atoms with van der Waals surface area (Å²) in [5, 5.41) is 28.4. The van der Waals surface area contributed by atoms with Crippen molar-refractivity contribution in [1.29, 1.82) is 0 Å². The highest BCUT2D eigenvalue weighted by Crippen LogP contribution is 2.49. The third-order valence-corrected chi connectivity index (χ3v) is 4.72. The molecule has 2 saturated heterocycles. The molecule has 116 valence electrons. The van der Waals surface area contributed by atoms with Crippen molar-refractivity contribution in [1.82, 2.24) is 4.90 Å². The van der Waals surface area contributed by atoms with Crippen molar-refractivity contribution >= 4 is 11.9 Å². The van der Waals surface area contributed by atoms with Gasteiger partial charge in [0.25, 0.3) is 0 Å². The number of aliphatic carboxylic acids is 1. The molecule has 1 amide bonds. The van der Waals surface area contributed by atoms with Gasteiger partial charge in [-0.25, -0.2) is 4.79 Å². The molecule has 3 N–H and O–H groups in total. The van der Waals surface area contributed by atoms with Gasteiger partial charge in [-0.05, 0) is 31.3 Å². The molecule has 3 aliphatic rings. The number of hydrogen-bond donors (Lipinski definition) is 3. The number of nitrogens with zero attached hydrogens (tertiary/aromatic N) is 1. The van der Waals surface area contributed by atoms with Gasteiger partial charge in [-0.1, -0.05) is 0 Å². The van der Waals surface area contributed by atoms with E-state index in [-0.39, 0.29) is 24.1 Å². The zero-order chi connectivity index (χ0) is 15.3. The van der Waals surface area contributed by atoms with Crippen LogP contribution in [-0.4, -0.2) is 63.6 Å². The van der Waals surface area contributed by atoms with Crippen molar-refractivity contribution in [3.05, 3.63) is 11.3 Å². The van der Waals surface area contributed by atoms with E-state index in [4.69, 9.17) is 4.74 Å². The summed E-state index contributed by atoms with van der Waals surface area (Å²) in [6, 6.07) is -0.430. The van der Waals surface area contributed by atoms with E-state index in [1.54, 1.807) is 0 Å². The lowest BCUT2D eigenvalue weighted by atomic mass is 9.78. The van der Waals surface area contributed by atoms with E-state index in [2.05, 4.69) is 0 Å². The maximum Gasteiger partial charge on any atom is 0.352 e. The topological polar surface area (TPSA) is 107 Å². The Bertz CT molecular complexity index is 512. The first-order valence-electron chi connectivity index (χ1n) is 7.20. The van der Waals surface area contributed by atoms with Gasteiger partial charge in [0.05, 0.1) is 18.1 Å². The van der Waals surface area contributed by atoms with E-state index >= 15 is 0 Å². The van der Waals surface area contributed by atoms with Crippen LogP contribution in [0.15, 0.2) is 11.3 Å². The summed E-state index contributed by atoms with van der Waals surface area (Å²) < 4.78 is 5.71. The number of β-lactam (4-membered cyclic amide) rings is 1. The van der Waals surface area contributed by atoms with Gasteiger partial charge in [0.2, 0.25) is 5.91 Å². The first kappa shape index (κ1) is 14.5. The maximum atomic E-state index is 12.2. The zero-order valence-electron chi connectivity index (χ0n) is 11.7. The molecular formula is C14H19NO6. The quantitative estimate of drug-likeness (QED) is 0.594. The van der Waals surface area contributed by atoms with Crippen LogP contribution in [0.5, 0.6) is 0 Å². The number of carboxylic acid groups (broad SMARTS) is 1. The van der Waals surface area contributed by atoms with Crippen LogP contribution in [0.2, 0.25) is 0 Å². The highest BCUT2D eigenvalue weighted by Gasteiger charge is 2.63. The number of ether oxygens (including phenoxy) is 1. The molecule has 0 bridgehead atoms. The predicted octanol–water partition coefficient (Wildman–Crippen LogP) is -0.666. The number of carbonyl (C=O) groups is 2. The molecule has 3 rings (SSSR count). The Balaban J connectivity index is 2.01. The summed E-state index contributed by atoms with van der Waals surface area (Å²) in [7, 11) is 0. The molecule has 0 aromatic carbocycles. The van der Waals surface area contributed by atoms with Gasteiger partial charge in [0.1, 0.15) is 11.8 Å². The van der Waals surface area contributed by atoms with Gasteiger partial charge in [0.15, 0.2) is 0 Å². The third-order valence-electron chi connectivity index (χ3n) is 4.72. The lowest BCUT2D eigenvalue weighted by Crippen LogP contribution is -2.65. The number of fused-ring (bicyclic) bond motifs is 3. The molecule has 3 heterocycles. The smallest absolute Gasteiger partial charge is 0.352 e. The van der Waals surface area contributed by atoms with E-state index in [9.17, 15) is 24.9 Å². The van der Waals surface area contributed by atoms with E-state index in [0.717, 1.165) is 0 Å². The fraction of sp³-hybridized carbons (Fsp3) is 0.714. The minimum Gasteiger partial charge on any atom is -0.477 e. The van der Waals surface area contributed by atoms with Crippen molar-refractivity contribution in [3.63, 3.8) is 0 Å². The summed E-state index contributed by atoms with van der Waals surface area (Å²) in [6.07, 6.45) is -0.217. The lowest BCUT2D eigenvalue weighted by molar-refractivity contribution is -0.168. The molecular weight excluding hydrogens is 278 g/mol. The van der Waals surface area contributed by atoms with Gasteiger partial charge in [-0.15, -0.1) is 0 Å². The van der Waals surface area contributed by atoms with Crippen LogP contribution < -0.4 is 0 Å². The van der Waals surface area contributed by atoms with Crippen LogP contribution in [0.25, 0.3) is 0 Å². The first-order valence-corrected chi connectivity index (χ1v) is 7.20. The Labute approximate surface area is 121 Å². The number of carboxylic acids is 1. The van der Waals surface area contributed by atoms with Gasteiger partial charge in [0, 0.05) is 13.2 Å². The Morgan fingerprint density at radius 2 is 2.24 bits per heavy atom. The van der Waals surface area contributed by atoms with Crippen LogP contribution in [0.1, 0.15) is 19.8 Å². The fourth-order valence-corrected chi connectivity index (χ4v) is 3.85. The number of rotatable bonds is 4. The van der Waals surface area contributed by atoms with E-state index in [0.29, 0.717) is 25.0 Å². The summed E-state index contributed by atoms with van der Waals surface area (Å²) in [5.41, 5.74) is 0.592. The summed E-state index contributed by atoms with van der Waals surface area (Å²) in [4.78, 5) is 25.0. The maximum absolute atomic E-state index is 12.2. The monoisotopic (exact) mass is 297 g/mol. The highest BCUT2D eigenvalue weighted by atomic mass is 16.5. The number of aliphatic hydroxyl groups is 2. The first-order chi connectivity index (χ1) is 9.99. The Morgan fingerprint density at radius 3 is 2.81 bits per heavy atom. The van der Waals surface area contributed by atoms with Crippen LogP contribution in [-0.2, 0) is 14.3 Å². The van der Waals surface area contributed by atoms with Crippen LogP contribution in [0, 0.1) is 11.8 Å². The largest absolute Gasteiger partial charge is 0.477 e. The number of hydrogen-bond acceptors (Lipinski definition) is 5. The average Bonchev–Trinajstić information content (AvgIpc) is 2.70. The number of aliphatic hydroxyl groups excluding tert-OH is 2. The van der Waals surface area contributed by atoms with Gasteiger partial charge in [-0.3, -0.25) is 9.69 Å². The summed E-state index contributed by atoms with van der Waals surface area (Å²) in [5.74, 6) is -2.22. The molecule has 7 heteroatoms. The van der Waals surface area contributed by atoms with E-state index in [1.165, 1.54) is 11.8 Å². The normalized spacial score (nSPS) is 36.1. The second-order valence-electron chi connectivity index (χ2n) is 5.86. The molecule has 2 fully saturated rings. The number of carbonyl (C=O) groups excluding carboxylic acids is 1. The Morgan fingerprint density at radius 1 is 1.52 bits per heavy atom. The molecule has 0 aromatic rings. The molecule has 0 spiro atoms. The van der Waals surface area contributed by atoms with Crippen LogP contribution >= 0.6 is 0 Å². The molecule has 0 radical (unpaired) electrons. The standard InChI is InChI=1S/C14H19NO6/c1-6(17)8-10-12-9(7(2-4-16)3-5-21-12)11(14(19)20)15(10)13(8)18/h6-8,10,12,16-17H,2-5H2,1H3,(H,19,20)/t6-,7-,8-,10+,12+/m1/s1. The summed E-state index contributed by atoms with van der Waals surface area (Å²) in [6.45, 7) is 1.97. The minimum atomic E-state index is -1.15. The van der Waals surface area contributed by atoms with Gasteiger partial charge >= 0.3 is 5.97 Å². The fourth-order valence-electron chi connectivity index (χ4n) is 3.85. The number of amides is 1. The summed E-state index contributed by atoms with van der Waals surface area (Å²) >= 11 is 0. The molecule has 21 heavy (non-hydrogen) atoms. The third kappa shape index (κ3) is 1.91. The molecule has 7 nitrogen and oxygen atoms in total. The van der Waals surface area contributed by atoms with Crippen molar-refractivity contribution in [2.24, 2.45) is 11.8 Å². The molecule has 0 aliphatic carbocycles. The van der Waals surface area contributed by atoms with E-state index < -0.39 is 30.1 Å². The second kappa shape index (κ2) is 5.08. The molecule has 5 atom stereocenters. The van der Waals surface area contributed by atoms with Gasteiger partial charge in [-0.2, -0.15) is 0 Å². The average molecular weight is 297 g/mol. The SMILES string of the molecule is C[C@@H](O)[C@H]1C(=O)N2C(C(=O)O)=C3[C@H](CCO)CCO[C@@H]3[C@H]12. The molecule has 0 unspecified atom stereocenters. The van der Waals surface area contributed by atoms with Crippen LogP contribution in [0.4, 0.5) is 0 Å². The zero-order valence-corrected chi connectivity index (χ0v) is 11.7. The van der Waals surface area contributed by atoms with Gasteiger partial charge < -0.3 is 20.1 Å². The van der Waals surface area contributed by atoms with Crippen LogP contribution in [0.3, 0.4) is 0 Å². The second-order valence-corrected chi connectivity index (χ2v) is 5.86. The molecule has 3 aliphatic heterocycles. The van der Waals surface area contributed by atoms with Crippen molar-refractivity contribution in [2.45, 2.75) is 38.0 Å². The van der Waals surface area contributed by atoms with Crippen molar-refractivity contribution in [2.75, 3.05) is 13.2 Å². The molecule has 0 aromatic heterocycles. The van der Waals surface area contributed by atoms with Crippen molar-refractivity contribution in [3.8, 4) is 0 Å². The Kier molecular flexibility index (Phi) is 3.51. The predicted molar refractivity (Wildman–Crippen MR) is 70.0 cm³/mol. The Hall–Kier alpha value is -1.44. The minimum absolute atomic E-state index is 0.00921. The lowest BCUT2D eigenvalue weighted by Gasteiger charge is -2.47. The van der Waals surface area contributed by atoms with E-state index in [1.807, 2.05) is 0 Å². The van der Waals surface area contributed by atoms with Crippen molar-refractivity contribution < 1.29 is 29.6 Å². The molecule has 0 saturated carbocycles. The highest BCUT2D eigenvalue weighted by molar-refractivity contribution is 6.00.